The molecule has 5 aromatic rings. The number of carbonyl (C=O) groups excluding carboxylic acids is 2. The number of nitrogens with one attached hydrogen (secondary N) is 2. The highest BCUT2D eigenvalue weighted by molar-refractivity contribution is 5.84. The van der Waals surface area contributed by atoms with Gasteiger partial charge in [0, 0.05) is 37.4 Å². The smallest absolute Gasteiger partial charge is 0.245 e. The number of aromatic amines is 1. The fraction of sp³-hybridized carbons (Fsp3) is 0.404. The van der Waals surface area contributed by atoms with Crippen LogP contribution in [-0.2, 0) is 9.59 Å². The Morgan fingerprint density at radius 3 is 1.85 bits per heavy atom. The predicted molar refractivity (Wildman–Crippen MR) is 274 cm³/mol. The number of aromatic nitrogens is 2. The molecule has 3 saturated heterocycles. The first kappa shape index (κ1) is 48.6. The molecule has 0 saturated carbocycles. The van der Waals surface area contributed by atoms with Crippen molar-refractivity contribution in [2.24, 2.45) is 4.99 Å². The van der Waals surface area contributed by atoms with Crippen molar-refractivity contribution in [1.82, 2.24) is 34.9 Å². The number of rotatable bonds is 17. The van der Waals surface area contributed by atoms with Gasteiger partial charge in [-0.1, -0.05) is 129 Å². The number of imidazole rings is 1. The monoisotopic (exact) mass is 899 g/mol. The van der Waals surface area contributed by atoms with Crippen LogP contribution in [0.25, 0.3) is 28.1 Å². The lowest BCUT2D eigenvalue weighted by atomic mass is 10.00. The highest BCUT2D eigenvalue weighted by Crippen LogP contribution is 2.37. The van der Waals surface area contributed by atoms with Crippen molar-refractivity contribution < 1.29 is 9.59 Å². The maximum Gasteiger partial charge on any atom is 0.245 e. The Balaban J connectivity index is 0.00000329. The van der Waals surface area contributed by atoms with E-state index in [1.54, 1.807) is 0 Å². The van der Waals surface area contributed by atoms with E-state index in [9.17, 15) is 9.59 Å². The number of hydrogen-bond donors (Lipinski definition) is 2. The molecule has 4 aromatic carbocycles. The summed E-state index contributed by atoms with van der Waals surface area (Å²) in [5, 5.41) is 3.64. The molecule has 2 amide bonds. The average Bonchev–Trinajstić information content (AvgIpc) is 4.04. The van der Waals surface area contributed by atoms with Crippen LogP contribution in [0.4, 0.5) is 0 Å². The third kappa shape index (κ3) is 11.6. The van der Waals surface area contributed by atoms with Gasteiger partial charge in [0.1, 0.15) is 17.9 Å². The van der Waals surface area contributed by atoms with Gasteiger partial charge in [-0.3, -0.25) is 24.4 Å². The maximum atomic E-state index is 14.5. The average molecular weight is 899 g/mol. The number of aliphatic imine (C=N–C) groups is 1. The Labute approximate surface area is 399 Å². The summed E-state index contributed by atoms with van der Waals surface area (Å²) in [7, 11) is 0. The van der Waals surface area contributed by atoms with Crippen molar-refractivity contribution in [3.63, 3.8) is 0 Å². The number of carbonyl (C=O) groups is 2. The van der Waals surface area contributed by atoms with E-state index in [1.165, 1.54) is 12.8 Å². The largest absolute Gasteiger partial charge is 0.381 e. The summed E-state index contributed by atoms with van der Waals surface area (Å²) in [6, 6.07) is 37.2. The fourth-order valence-electron chi connectivity index (χ4n) is 10.3. The van der Waals surface area contributed by atoms with Gasteiger partial charge in [-0.2, -0.15) is 0 Å². The van der Waals surface area contributed by atoms with Gasteiger partial charge in [0.15, 0.2) is 0 Å². The van der Waals surface area contributed by atoms with E-state index in [1.807, 2.05) is 48.2 Å². The minimum absolute atomic E-state index is 0.0775. The summed E-state index contributed by atoms with van der Waals surface area (Å²) in [6.07, 6.45) is 17.7. The molecule has 3 fully saturated rings. The summed E-state index contributed by atoms with van der Waals surface area (Å²) in [6.45, 7) is 16.5. The van der Waals surface area contributed by atoms with E-state index >= 15 is 0 Å². The first-order valence-corrected chi connectivity index (χ1v) is 24.5. The number of piperidine rings is 2. The molecular weight excluding hydrogens is 829 g/mol. The first-order chi connectivity index (χ1) is 32.8. The second kappa shape index (κ2) is 24.0. The third-order valence-corrected chi connectivity index (χ3v) is 13.7. The van der Waals surface area contributed by atoms with E-state index < -0.39 is 0 Å². The molecule has 0 spiro atoms. The van der Waals surface area contributed by atoms with Crippen molar-refractivity contribution in [3.05, 3.63) is 143 Å². The molecule has 0 aliphatic carbocycles. The molecule has 8 rings (SSSR count). The highest BCUT2D eigenvalue weighted by atomic mass is 16.2. The summed E-state index contributed by atoms with van der Waals surface area (Å²) in [5.74, 6) is 1.23. The number of allylic oxidation sites excluding steroid dienone is 1. The molecule has 0 bridgehead atoms. The van der Waals surface area contributed by atoms with Crippen LogP contribution in [0.5, 0.6) is 0 Å². The third-order valence-electron chi connectivity index (χ3n) is 13.7. The molecule has 350 valence electrons. The van der Waals surface area contributed by atoms with Crippen LogP contribution >= 0.6 is 0 Å². The number of likely N-dealkylation sites (tertiary alicyclic amines) is 3. The molecule has 2 N–H and O–H groups in total. The van der Waals surface area contributed by atoms with Gasteiger partial charge in [-0.25, -0.2) is 4.98 Å². The van der Waals surface area contributed by atoms with E-state index in [0.717, 1.165) is 140 Å². The second-order valence-corrected chi connectivity index (χ2v) is 18.1. The van der Waals surface area contributed by atoms with Crippen molar-refractivity contribution in [2.75, 3.05) is 52.4 Å². The Kier molecular flexibility index (Phi) is 17.4. The Morgan fingerprint density at radius 1 is 0.746 bits per heavy atom. The van der Waals surface area contributed by atoms with Gasteiger partial charge in [0.05, 0.1) is 23.1 Å². The molecule has 4 heterocycles. The molecule has 10 nitrogen and oxygen atoms in total. The van der Waals surface area contributed by atoms with Crippen molar-refractivity contribution in [3.8, 4) is 35.2 Å². The van der Waals surface area contributed by atoms with Gasteiger partial charge < -0.3 is 20.1 Å². The van der Waals surface area contributed by atoms with Gasteiger partial charge in [-0.05, 0) is 120 Å². The van der Waals surface area contributed by atoms with Crippen LogP contribution in [0, 0.1) is 19.8 Å². The predicted octanol–water partition coefficient (Wildman–Crippen LogP) is 10.6. The van der Waals surface area contributed by atoms with Crippen LogP contribution in [0.3, 0.4) is 0 Å². The molecule has 0 unspecified atom stereocenters. The lowest BCUT2D eigenvalue weighted by Gasteiger charge is -2.37. The normalized spacial score (nSPS) is 17.9. The lowest BCUT2D eigenvalue weighted by molar-refractivity contribution is -0.139. The number of benzene rings is 4. The van der Waals surface area contributed by atoms with Gasteiger partial charge in [0.25, 0.3) is 0 Å². The van der Waals surface area contributed by atoms with Crippen molar-refractivity contribution >= 4 is 24.2 Å². The van der Waals surface area contributed by atoms with E-state index in [0.29, 0.717) is 19.6 Å². The zero-order valence-corrected chi connectivity index (χ0v) is 40.0. The number of nitrogens with zero attached hydrogens (tertiary/aromatic N) is 6. The standard InChI is InChI=1S/C55H68N8O2.C2H2/c1-5-33-62(54(64)51(46-19-10-6-11-20-46)60-34-14-8-15-35-60)39-32-57-49(40(2)56-4)44-28-24-42(25-29-44)43-26-30-45(31-27-43)50-41(3)58-53(59-50)48-23-18-38-63(48)55(65)52(47-21-12-7-13-22-47)61-36-16-9-17-37-61;1-2/h6-7,10-13,19-22,24-31,48,51-52,57H,4-5,8-9,14-18,23,32-39H2,1-3H3,(H,58,59);1-2H/b49-40-;/t48-,51+,52+;/m0./s1. The number of amides is 2. The minimum atomic E-state index is -0.267. The van der Waals surface area contributed by atoms with Crippen LogP contribution in [-0.4, -0.2) is 100 Å². The van der Waals surface area contributed by atoms with Gasteiger partial charge in [0.2, 0.25) is 11.8 Å². The molecular formula is C57H70N8O2. The Morgan fingerprint density at radius 2 is 1.28 bits per heavy atom. The zero-order valence-electron chi connectivity index (χ0n) is 40.0. The molecule has 3 aliphatic heterocycles. The topological polar surface area (TPSA) is 100 Å². The molecule has 3 aliphatic rings. The van der Waals surface area contributed by atoms with E-state index in [4.69, 9.17) is 4.98 Å². The zero-order chi connectivity index (χ0) is 47.1. The number of aryl methyl sites for hydroxylation is 1. The van der Waals surface area contributed by atoms with E-state index in [2.05, 4.69) is 136 Å². The molecule has 3 atom stereocenters. The summed E-state index contributed by atoms with van der Waals surface area (Å²) in [5.41, 5.74) is 10.1. The Bertz CT molecular complexity index is 2410. The van der Waals surface area contributed by atoms with Crippen LogP contribution in [0.15, 0.2) is 120 Å². The molecule has 10 heteroatoms. The summed E-state index contributed by atoms with van der Waals surface area (Å²) < 4.78 is 0. The molecule has 67 heavy (non-hydrogen) atoms. The Hall–Kier alpha value is -6.28. The SMILES string of the molecule is C#C.C=N/C(C)=C(\NCCN(CCC)C(=O)[C@@H](c1ccccc1)N1CCCCC1)c1ccc(-c2ccc(-c3nc([C@@H]4CCCN4C(=O)[C@@H](c4ccccc4)N4CCCCC4)[nH]c3C)cc2)cc1. The highest BCUT2D eigenvalue weighted by Gasteiger charge is 2.39. The second-order valence-electron chi connectivity index (χ2n) is 18.1. The minimum Gasteiger partial charge on any atom is -0.381 e. The van der Waals surface area contributed by atoms with Crippen molar-refractivity contribution in [1.29, 1.82) is 0 Å². The fourth-order valence-corrected chi connectivity index (χ4v) is 10.3. The van der Waals surface area contributed by atoms with Gasteiger partial charge >= 0.3 is 0 Å². The molecule has 0 radical (unpaired) electrons. The number of H-pyrrole nitrogens is 1. The quantitative estimate of drug-likeness (QED) is 0.0712. The van der Waals surface area contributed by atoms with Crippen LogP contribution < -0.4 is 5.32 Å². The molecule has 1 aromatic heterocycles. The summed E-state index contributed by atoms with van der Waals surface area (Å²) in [4.78, 5) is 50.9. The van der Waals surface area contributed by atoms with Crippen molar-refractivity contribution in [2.45, 2.75) is 96.7 Å². The number of terminal acetylenes is 1. The lowest BCUT2D eigenvalue weighted by Crippen LogP contribution is -2.46. The van der Waals surface area contributed by atoms with E-state index in [-0.39, 0.29) is 29.9 Å². The van der Waals surface area contributed by atoms with Crippen LogP contribution in [0.1, 0.15) is 118 Å². The first-order valence-electron chi connectivity index (χ1n) is 24.5. The number of hydrogen-bond acceptors (Lipinski definition) is 7. The van der Waals surface area contributed by atoms with Gasteiger partial charge in [-0.15, -0.1) is 12.8 Å². The van der Waals surface area contributed by atoms with Crippen LogP contribution in [0.2, 0.25) is 0 Å². The summed E-state index contributed by atoms with van der Waals surface area (Å²) >= 11 is 0. The maximum absolute atomic E-state index is 14.5.